The van der Waals surface area contributed by atoms with Gasteiger partial charge in [0.05, 0.1) is 19.7 Å². The van der Waals surface area contributed by atoms with E-state index in [0.29, 0.717) is 13.1 Å². The van der Waals surface area contributed by atoms with Gasteiger partial charge in [-0.15, -0.1) is 0 Å². The molecule has 1 aromatic heterocycles. The van der Waals surface area contributed by atoms with Gasteiger partial charge in [0, 0.05) is 11.9 Å². The van der Waals surface area contributed by atoms with E-state index in [-0.39, 0.29) is 24.2 Å². The molecule has 148 valence electrons. The molecule has 0 aliphatic carbocycles. The van der Waals surface area contributed by atoms with Crippen molar-refractivity contribution in [1.29, 1.82) is 0 Å². The molecular weight excluding hydrogens is 359 g/mol. The summed E-state index contributed by atoms with van der Waals surface area (Å²) >= 11 is 0. The van der Waals surface area contributed by atoms with Gasteiger partial charge in [-0.1, -0.05) is 31.2 Å². The van der Waals surface area contributed by atoms with Crippen LogP contribution in [0.25, 0.3) is 11.0 Å². The summed E-state index contributed by atoms with van der Waals surface area (Å²) in [4.78, 5) is 14.4. The Balaban J connectivity index is 1.59. The maximum atomic E-state index is 13.9. The fraction of sp³-hybridized carbons (Fsp3) is 0.318. The van der Waals surface area contributed by atoms with E-state index in [1.165, 1.54) is 13.2 Å². The van der Waals surface area contributed by atoms with Crippen molar-refractivity contribution in [3.63, 3.8) is 0 Å². The van der Waals surface area contributed by atoms with Gasteiger partial charge in [0.1, 0.15) is 11.3 Å². The zero-order chi connectivity index (χ0) is 20.1. The van der Waals surface area contributed by atoms with Crippen LogP contribution >= 0.6 is 0 Å². The predicted octanol–water partition coefficient (Wildman–Crippen LogP) is 4.28. The smallest absolute Gasteiger partial charge is 0.234 e. The van der Waals surface area contributed by atoms with E-state index in [0.717, 1.165) is 22.3 Å². The third-order valence-corrected chi connectivity index (χ3v) is 4.69. The molecule has 0 radical (unpaired) electrons. The quantitative estimate of drug-likeness (QED) is 0.630. The van der Waals surface area contributed by atoms with Crippen LogP contribution in [-0.4, -0.2) is 31.0 Å². The molecular formula is C22H25FN2O3. The minimum absolute atomic E-state index is 0.108. The topological polar surface area (TPSA) is 54.7 Å². The molecule has 1 heterocycles. The van der Waals surface area contributed by atoms with Crippen molar-refractivity contribution >= 4 is 16.9 Å². The van der Waals surface area contributed by atoms with E-state index in [1.54, 1.807) is 12.1 Å². The number of nitrogens with zero attached hydrogens (tertiary/aromatic N) is 1. The van der Waals surface area contributed by atoms with Crippen molar-refractivity contribution in [2.24, 2.45) is 0 Å². The molecule has 0 unspecified atom stereocenters. The third kappa shape index (κ3) is 4.70. The molecule has 1 atom stereocenters. The van der Waals surface area contributed by atoms with E-state index in [9.17, 15) is 9.18 Å². The van der Waals surface area contributed by atoms with Crippen LogP contribution in [0.3, 0.4) is 0 Å². The molecule has 3 rings (SSSR count). The number of furan rings is 1. The predicted molar refractivity (Wildman–Crippen MR) is 107 cm³/mol. The van der Waals surface area contributed by atoms with Crippen molar-refractivity contribution in [2.75, 3.05) is 20.2 Å². The summed E-state index contributed by atoms with van der Waals surface area (Å²) in [5.41, 5.74) is 1.59. The van der Waals surface area contributed by atoms with Crippen molar-refractivity contribution in [1.82, 2.24) is 10.2 Å². The molecule has 0 fully saturated rings. The van der Waals surface area contributed by atoms with Crippen molar-refractivity contribution in [3.8, 4) is 5.75 Å². The normalized spacial score (nSPS) is 12.3. The van der Waals surface area contributed by atoms with Gasteiger partial charge in [-0.25, -0.2) is 4.39 Å². The molecule has 0 saturated carbocycles. The van der Waals surface area contributed by atoms with Gasteiger partial charge < -0.3 is 14.5 Å². The average Bonchev–Trinajstić information content (AvgIpc) is 3.12. The van der Waals surface area contributed by atoms with Gasteiger partial charge in [0.15, 0.2) is 11.6 Å². The molecule has 6 heteroatoms. The first-order valence-corrected chi connectivity index (χ1v) is 9.32. The van der Waals surface area contributed by atoms with Crippen LogP contribution in [-0.2, 0) is 11.3 Å². The monoisotopic (exact) mass is 384 g/mol. The number of rotatable bonds is 8. The van der Waals surface area contributed by atoms with Gasteiger partial charge >= 0.3 is 0 Å². The van der Waals surface area contributed by atoms with Crippen LogP contribution in [0, 0.1) is 5.82 Å². The standard InChI is InChI=1S/C22H25FN2O3/c1-4-25(13-16-9-10-20(27-3)18(23)11-16)14-22(26)24-15(2)21-12-17-7-5-6-8-19(17)28-21/h5-12,15H,4,13-14H2,1-3H3,(H,24,26)/t15-/m0/s1. The summed E-state index contributed by atoms with van der Waals surface area (Å²) < 4.78 is 24.6. The molecule has 0 aliphatic rings. The maximum Gasteiger partial charge on any atom is 0.234 e. The van der Waals surface area contributed by atoms with Crippen LogP contribution < -0.4 is 10.1 Å². The molecule has 0 saturated heterocycles. The van der Waals surface area contributed by atoms with Crippen molar-refractivity contribution in [3.05, 3.63) is 65.7 Å². The highest BCUT2D eigenvalue weighted by Crippen LogP contribution is 2.23. The minimum atomic E-state index is -0.404. The number of carbonyl (C=O) groups excluding carboxylic acids is 1. The summed E-state index contributed by atoms with van der Waals surface area (Å²) in [6, 6.07) is 14.3. The van der Waals surface area contributed by atoms with Crippen molar-refractivity contribution < 1.29 is 18.3 Å². The fourth-order valence-corrected chi connectivity index (χ4v) is 3.12. The molecule has 2 aromatic carbocycles. The number of ether oxygens (including phenoxy) is 1. The summed E-state index contributed by atoms with van der Waals surface area (Å²) in [6.07, 6.45) is 0. The first-order valence-electron chi connectivity index (χ1n) is 9.32. The van der Waals surface area contributed by atoms with Gasteiger partial charge in [-0.05, 0) is 43.3 Å². The Morgan fingerprint density at radius 3 is 2.71 bits per heavy atom. The minimum Gasteiger partial charge on any atom is -0.494 e. The molecule has 28 heavy (non-hydrogen) atoms. The highest BCUT2D eigenvalue weighted by molar-refractivity contribution is 5.80. The Kier molecular flexibility index (Phi) is 6.31. The second kappa shape index (κ2) is 8.89. The lowest BCUT2D eigenvalue weighted by Crippen LogP contribution is -2.37. The maximum absolute atomic E-state index is 13.9. The highest BCUT2D eigenvalue weighted by atomic mass is 19.1. The lowest BCUT2D eigenvalue weighted by atomic mass is 10.2. The molecule has 1 amide bonds. The average molecular weight is 384 g/mol. The number of para-hydroxylation sites is 1. The van der Waals surface area contributed by atoms with Crippen molar-refractivity contribution in [2.45, 2.75) is 26.4 Å². The van der Waals surface area contributed by atoms with E-state index in [1.807, 2.05) is 49.1 Å². The van der Waals surface area contributed by atoms with Gasteiger partial charge in [-0.2, -0.15) is 0 Å². The second-order valence-corrected chi connectivity index (χ2v) is 6.75. The Bertz CT molecular complexity index is 921. The Labute approximate surface area is 164 Å². The summed E-state index contributed by atoms with van der Waals surface area (Å²) in [5, 5.41) is 3.98. The number of hydrogen-bond donors (Lipinski definition) is 1. The van der Waals surface area contributed by atoms with E-state index < -0.39 is 5.82 Å². The Morgan fingerprint density at radius 1 is 1.25 bits per heavy atom. The lowest BCUT2D eigenvalue weighted by Gasteiger charge is -2.21. The summed E-state index contributed by atoms with van der Waals surface area (Å²) in [7, 11) is 1.43. The van der Waals surface area contributed by atoms with Crippen LogP contribution in [0.4, 0.5) is 4.39 Å². The number of fused-ring (bicyclic) bond motifs is 1. The molecule has 3 aromatic rings. The van der Waals surface area contributed by atoms with Crippen LogP contribution in [0.5, 0.6) is 5.75 Å². The molecule has 0 bridgehead atoms. The first-order chi connectivity index (χ1) is 13.5. The summed E-state index contributed by atoms with van der Waals surface area (Å²) in [5.74, 6) is 0.418. The number of methoxy groups -OCH3 is 1. The summed E-state index contributed by atoms with van der Waals surface area (Å²) in [6.45, 7) is 5.22. The SMILES string of the molecule is CCN(CC(=O)N[C@@H](C)c1cc2ccccc2o1)Cc1ccc(OC)c(F)c1. The lowest BCUT2D eigenvalue weighted by molar-refractivity contribution is -0.123. The first kappa shape index (κ1) is 19.9. The second-order valence-electron chi connectivity index (χ2n) is 6.75. The molecule has 0 spiro atoms. The van der Waals surface area contributed by atoms with E-state index >= 15 is 0 Å². The Morgan fingerprint density at radius 2 is 2.04 bits per heavy atom. The van der Waals surface area contributed by atoms with Crippen LogP contribution in [0.1, 0.15) is 31.2 Å². The Hall–Kier alpha value is -2.86. The number of benzene rings is 2. The number of hydrogen-bond acceptors (Lipinski definition) is 4. The largest absolute Gasteiger partial charge is 0.494 e. The molecule has 5 nitrogen and oxygen atoms in total. The molecule has 0 aliphatic heterocycles. The number of nitrogens with one attached hydrogen (secondary N) is 1. The van der Waals surface area contributed by atoms with Gasteiger partial charge in [0.2, 0.25) is 5.91 Å². The van der Waals surface area contributed by atoms with Gasteiger partial charge in [0.25, 0.3) is 0 Å². The molecule has 1 N–H and O–H groups in total. The fourth-order valence-electron chi connectivity index (χ4n) is 3.12. The van der Waals surface area contributed by atoms with Crippen LogP contribution in [0.2, 0.25) is 0 Å². The van der Waals surface area contributed by atoms with Crippen LogP contribution in [0.15, 0.2) is 52.9 Å². The number of amides is 1. The zero-order valence-corrected chi connectivity index (χ0v) is 16.4. The number of halogens is 1. The zero-order valence-electron chi connectivity index (χ0n) is 16.4. The highest BCUT2D eigenvalue weighted by Gasteiger charge is 2.16. The van der Waals surface area contributed by atoms with Gasteiger partial charge in [-0.3, -0.25) is 9.69 Å². The van der Waals surface area contributed by atoms with E-state index in [4.69, 9.17) is 9.15 Å². The third-order valence-electron chi connectivity index (χ3n) is 4.69. The number of likely N-dealkylation sites (N-methyl/N-ethyl adjacent to an activating group) is 1. The van der Waals surface area contributed by atoms with E-state index in [2.05, 4.69) is 5.32 Å². The number of carbonyl (C=O) groups is 1.